The molecule has 1 N–H and O–H groups in total. The molecule has 5 aromatic carbocycles. The molecule has 2 fully saturated rings. The van der Waals surface area contributed by atoms with Gasteiger partial charge in [0, 0.05) is 10.6 Å². The lowest BCUT2D eigenvalue weighted by Gasteiger charge is -2.50. The zero-order valence-corrected chi connectivity index (χ0v) is 28.5. The summed E-state index contributed by atoms with van der Waals surface area (Å²) >= 11 is 6.75. The molecular formula is C42H40ClFO7. The number of hydrogen-bond donors (Lipinski definition) is 1. The number of fused-ring (bicyclic) bond motifs is 2. The van der Waals surface area contributed by atoms with Crippen molar-refractivity contribution in [3.63, 3.8) is 0 Å². The summed E-state index contributed by atoms with van der Waals surface area (Å²) in [7, 11) is -2.79. The van der Waals surface area contributed by atoms with Crippen LogP contribution in [-0.4, -0.2) is 49.3 Å². The van der Waals surface area contributed by atoms with Gasteiger partial charge in [0.05, 0.1) is 44.2 Å². The smallest absolute Gasteiger partial charge is 0.225 e. The second-order valence-corrected chi connectivity index (χ2v) is 13.2. The molecule has 51 heavy (non-hydrogen) atoms. The summed E-state index contributed by atoms with van der Waals surface area (Å²) in [5, 5.41) is 11.5. The summed E-state index contributed by atoms with van der Waals surface area (Å²) < 4.78 is 75.7. The van der Waals surface area contributed by atoms with Gasteiger partial charge < -0.3 is 33.5 Å². The maximum Gasteiger partial charge on any atom is 0.225 e. The molecule has 5 aromatic rings. The van der Waals surface area contributed by atoms with Crippen LogP contribution in [0, 0.1) is 5.82 Å². The van der Waals surface area contributed by atoms with Gasteiger partial charge in [0.1, 0.15) is 23.9 Å². The fourth-order valence-corrected chi connectivity index (χ4v) is 7.00. The van der Waals surface area contributed by atoms with Crippen molar-refractivity contribution in [2.45, 2.75) is 55.9 Å². The third-order valence-electron chi connectivity index (χ3n) is 9.42. The van der Waals surface area contributed by atoms with Gasteiger partial charge in [0.15, 0.2) is 11.6 Å². The lowest BCUT2D eigenvalue weighted by atomic mass is 9.83. The number of aliphatic hydroxyl groups excluding tert-OH is 1. The molecule has 0 aromatic heterocycles. The molecule has 0 saturated carbocycles. The first-order valence-electron chi connectivity index (χ1n) is 18.3. The first kappa shape index (κ1) is 31.6. The summed E-state index contributed by atoms with van der Waals surface area (Å²) in [6, 6.07) is 38.6. The van der Waals surface area contributed by atoms with E-state index in [0.29, 0.717) is 21.7 Å². The Kier molecular flexibility index (Phi) is 9.69. The van der Waals surface area contributed by atoms with Crippen LogP contribution < -0.4 is 4.74 Å². The van der Waals surface area contributed by atoms with Gasteiger partial charge >= 0.3 is 0 Å². The van der Waals surface area contributed by atoms with E-state index in [-0.39, 0.29) is 38.6 Å². The predicted molar refractivity (Wildman–Crippen MR) is 191 cm³/mol. The molecule has 7 rings (SSSR count). The molecule has 264 valence electrons. The van der Waals surface area contributed by atoms with Crippen LogP contribution in [0.3, 0.4) is 0 Å². The average Bonchev–Trinajstić information content (AvgIpc) is 3.53. The van der Waals surface area contributed by atoms with Crippen molar-refractivity contribution >= 4 is 11.6 Å². The van der Waals surface area contributed by atoms with E-state index in [1.165, 1.54) is 12.1 Å². The Hall–Kier alpha value is -4.12. The summed E-state index contributed by atoms with van der Waals surface area (Å²) in [5.41, 5.74) is 3.13. The highest BCUT2D eigenvalue weighted by Crippen LogP contribution is 2.53. The number of hydrogen-bond acceptors (Lipinski definition) is 7. The van der Waals surface area contributed by atoms with Gasteiger partial charge in [-0.1, -0.05) is 115 Å². The summed E-state index contributed by atoms with van der Waals surface area (Å²) in [6.07, 6.45) is -2.37. The monoisotopic (exact) mass is 713 g/mol. The summed E-state index contributed by atoms with van der Waals surface area (Å²) in [4.78, 5) is 0. The molecule has 0 aliphatic carbocycles. The van der Waals surface area contributed by atoms with Crippen LogP contribution in [0.2, 0.25) is 5.02 Å². The Bertz CT molecular complexity index is 2010. The van der Waals surface area contributed by atoms with Gasteiger partial charge in [-0.3, -0.25) is 0 Å². The number of aliphatic hydroxyl groups is 1. The van der Waals surface area contributed by atoms with E-state index in [4.69, 9.17) is 44.1 Å². The highest BCUT2D eigenvalue weighted by molar-refractivity contribution is 6.31. The largest absolute Gasteiger partial charge is 0.494 e. The van der Waals surface area contributed by atoms with E-state index in [1.54, 1.807) is 18.2 Å². The van der Waals surface area contributed by atoms with Crippen molar-refractivity contribution in [2.75, 3.05) is 20.3 Å². The maximum atomic E-state index is 15.0. The van der Waals surface area contributed by atoms with Crippen LogP contribution in [0.1, 0.15) is 37.5 Å². The molecule has 2 aliphatic heterocycles. The third kappa shape index (κ3) is 7.45. The van der Waals surface area contributed by atoms with Gasteiger partial charge in [-0.25, -0.2) is 4.39 Å². The maximum absolute atomic E-state index is 15.0. The highest BCUT2D eigenvalue weighted by Gasteiger charge is 2.69. The van der Waals surface area contributed by atoms with Crippen molar-refractivity contribution < 1.29 is 42.0 Å². The van der Waals surface area contributed by atoms with Gasteiger partial charge in [-0.15, -0.1) is 0 Å². The van der Waals surface area contributed by atoms with Crippen LogP contribution in [0.15, 0.2) is 127 Å². The minimum absolute atomic E-state index is 0.0343. The van der Waals surface area contributed by atoms with Gasteiger partial charge in [0.25, 0.3) is 0 Å². The summed E-state index contributed by atoms with van der Waals surface area (Å²) in [6.45, 7) is 0.159. The van der Waals surface area contributed by atoms with Crippen LogP contribution in [0.5, 0.6) is 5.75 Å². The van der Waals surface area contributed by atoms with E-state index >= 15 is 0 Å². The number of benzene rings is 5. The van der Waals surface area contributed by atoms with Crippen molar-refractivity contribution in [1.29, 1.82) is 0 Å². The highest BCUT2D eigenvalue weighted by atomic mass is 35.5. The topological polar surface area (TPSA) is 75.6 Å². The van der Waals surface area contributed by atoms with Gasteiger partial charge in [0.2, 0.25) is 5.79 Å². The zero-order valence-electron chi connectivity index (χ0n) is 30.8. The molecule has 2 aliphatic rings. The first-order chi connectivity index (χ1) is 26.1. The predicted octanol–water partition coefficient (Wildman–Crippen LogP) is 7.78. The minimum Gasteiger partial charge on any atom is -0.494 e. The lowest BCUT2D eigenvalue weighted by Crippen LogP contribution is -2.67. The molecule has 0 amide bonds. The normalized spacial score (nSPS) is 25.2. The Morgan fingerprint density at radius 3 is 1.96 bits per heavy atom. The minimum atomic E-state index is -2.79. The van der Waals surface area contributed by atoms with E-state index in [0.717, 1.165) is 16.7 Å². The molecule has 2 bridgehead atoms. The Labute approximate surface area is 306 Å². The zero-order chi connectivity index (χ0) is 37.8. The van der Waals surface area contributed by atoms with Crippen LogP contribution in [0.4, 0.5) is 4.39 Å². The number of methoxy groups -OCH3 is 1. The van der Waals surface area contributed by atoms with Crippen molar-refractivity contribution in [3.8, 4) is 5.75 Å². The van der Waals surface area contributed by atoms with Crippen LogP contribution in [-0.2, 0) is 55.7 Å². The number of rotatable bonds is 14. The molecule has 2 heterocycles. The van der Waals surface area contributed by atoms with E-state index in [2.05, 4.69) is 0 Å². The van der Waals surface area contributed by atoms with Crippen molar-refractivity contribution in [1.82, 2.24) is 0 Å². The van der Waals surface area contributed by atoms with Crippen molar-refractivity contribution in [3.05, 3.63) is 172 Å². The molecule has 9 heteroatoms. The molecule has 2 saturated heterocycles. The van der Waals surface area contributed by atoms with Gasteiger partial charge in [-0.05, 0) is 58.5 Å². The molecule has 0 radical (unpaired) electrons. The lowest BCUT2D eigenvalue weighted by molar-refractivity contribution is -0.353. The number of halogens is 2. The van der Waals surface area contributed by atoms with E-state index < -0.39 is 49.2 Å². The Morgan fingerprint density at radius 2 is 1.37 bits per heavy atom. The Morgan fingerprint density at radius 1 is 0.765 bits per heavy atom. The molecule has 5 atom stereocenters. The fourth-order valence-electron chi connectivity index (χ4n) is 6.82. The second kappa shape index (κ2) is 15.6. The van der Waals surface area contributed by atoms with Gasteiger partial charge in [-0.2, -0.15) is 0 Å². The van der Waals surface area contributed by atoms with Crippen molar-refractivity contribution in [2.24, 2.45) is 0 Å². The number of ether oxygens (including phenoxy) is 6. The fraction of sp³-hybridized carbons (Fsp3) is 0.286. The molecule has 0 spiro atoms. The standard InChI is InChI=1S/C42H40ClFO7/c1-46-37-20-17-32(22-36(37)44)21-33-23-34(18-19-35(33)43)42-40(49-26-31-15-9-4-10-16-31)38(47-24-29-11-5-2-6-12-29)39(41(27-45,51-42)28-50-42)48-25-30-13-7-3-8-14-30/h2-20,22-23,38-40,45H,21,24-28H2,1H3/t38-,39-,40+,41+,42?/m0/s1/i1D3. The van der Waals surface area contributed by atoms with E-state index in [9.17, 15) is 9.50 Å². The molecule has 7 nitrogen and oxygen atoms in total. The van der Waals surface area contributed by atoms with Crippen LogP contribution in [0.25, 0.3) is 0 Å². The quantitative estimate of drug-likeness (QED) is 0.126. The average molecular weight is 714 g/mol. The second-order valence-electron chi connectivity index (χ2n) is 12.8. The molecular weight excluding hydrogens is 671 g/mol. The van der Waals surface area contributed by atoms with E-state index in [1.807, 2.05) is 97.1 Å². The Balaban J connectivity index is 1.28. The molecule has 1 unspecified atom stereocenters. The first-order valence-corrected chi connectivity index (χ1v) is 17.1. The third-order valence-corrected chi connectivity index (χ3v) is 9.79. The summed E-state index contributed by atoms with van der Waals surface area (Å²) in [5.74, 6) is -2.78. The SMILES string of the molecule is [2H]C([2H])([2H])Oc1ccc(Cc2cc(C34OC[C@@](CO)(O3)[C@@H](OCc3ccccc3)[C@H](OCc3ccccc3)[C@H]4OCc3ccccc3)ccc2Cl)cc1F. The van der Waals surface area contributed by atoms with Crippen LogP contribution >= 0.6 is 11.6 Å².